The van der Waals surface area contributed by atoms with E-state index in [9.17, 15) is 0 Å². The molecule has 0 bridgehead atoms. The summed E-state index contributed by atoms with van der Waals surface area (Å²) in [5.74, 6) is 2.28. The van der Waals surface area contributed by atoms with Crippen LogP contribution in [0, 0.1) is 22.6 Å². The first-order valence-corrected chi connectivity index (χ1v) is 5.49. The van der Waals surface area contributed by atoms with Crippen LogP contribution < -0.4 is 0 Å². The zero-order valence-electron chi connectivity index (χ0n) is 9.71. The third kappa shape index (κ3) is 4.63. The molecule has 1 rings (SSSR count). The molecule has 1 fully saturated rings. The second-order valence-electron chi connectivity index (χ2n) is 3.82. The predicted molar refractivity (Wildman–Crippen MR) is 69.2 cm³/mol. The van der Waals surface area contributed by atoms with Crippen molar-refractivity contribution in [1.29, 1.82) is 10.5 Å². The van der Waals surface area contributed by atoms with Gasteiger partial charge in [0, 0.05) is 12.2 Å². The predicted octanol–water partition coefficient (Wildman–Crippen LogP) is 0.996. The fourth-order valence-electron chi connectivity index (χ4n) is 1.63. The number of rotatable bonds is 4. The first-order valence-electron chi connectivity index (χ1n) is 5.49. The molecule has 0 unspecified atom stereocenters. The molecule has 0 aliphatic carbocycles. The average molecular weight is 227 g/mol. The van der Waals surface area contributed by atoms with Crippen molar-refractivity contribution in [1.82, 2.24) is 4.90 Å². The largest absolute Gasteiger partial charge is 0.286 e. The SMILES string of the molecule is C=N/C=C\C(C#N)=NCN1CCB(C#N)CC1. The van der Waals surface area contributed by atoms with Crippen LogP contribution >= 0.6 is 0 Å². The lowest BCUT2D eigenvalue weighted by molar-refractivity contribution is 0.303. The highest BCUT2D eigenvalue weighted by Gasteiger charge is 2.21. The van der Waals surface area contributed by atoms with Crippen LogP contribution in [0.25, 0.3) is 0 Å². The Morgan fingerprint density at radius 3 is 2.65 bits per heavy atom. The first kappa shape index (κ1) is 13.2. The van der Waals surface area contributed by atoms with E-state index in [1.54, 1.807) is 0 Å². The van der Waals surface area contributed by atoms with Gasteiger partial charge in [-0.3, -0.25) is 14.9 Å². The number of allylic oxidation sites excluding steroid dienone is 1. The molecular weight excluding hydrogens is 213 g/mol. The van der Waals surface area contributed by atoms with Crippen LogP contribution in [0.15, 0.2) is 22.3 Å². The molecule has 0 saturated carbocycles. The van der Waals surface area contributed by atoms with E-state index in [2.05, 4.69) is 27.6 Å². The Hall–Kier alpha value is -1.92. The van der Waals surface area contributed by atoms with E-state index in [1.165, 1.54) is 12.3 Å². The van der Waals surface area contributed by atoms with Gasteiger partial charge < -0.3 is 0 Å². The molecule has 0 amide bonds. The van der Waals surface area contributed by atoms with Gasteiger partial charge in [0.2, 0.25) is 0 Å². The summed E-state index contributed by atoms with van der Waals surface area (Å²) in [4.78, 5) is 9.84. The molecule has 0 spiro atoms. The molecule has 1 aliphatic heterocycles. The normalized spacial score (nSPS) is 17.8. The van der Waals surface area contributed by atoms with Crippen molar-refractivity contribution >= 4 is 19.1 Å². The van der Waals surface area contributed by atoms with E-state index < -0.39 is 0 Å². The molecule has 1 aliphatic rings. The van der Waals surface area contributed by atoms with Crippen molar-refractivity contribution in [2.45, 2.75) is 12.6 Å². The maximum absolute atomic E-state index is 8.81. The standard InChI is InChI=1S/C11H14BN5/c1-15-5-2-11(8-13)16-10-17-6-3-12(9-14)4-7-17/h2,5H,1,3-4,6-7,10H2/b5-2-,16-11?. The zero-order chi connectivity index (χ0) is 12.5. The minimum absolute atomic E-state index is 0.176. The molecule has 17 heavy (non-hydrogen) atoms. The topological polar surface area (TPSA) is 75.5 Å². The van der Waals surface area contributed by atoms with Crippen molar-refractivity contribution in [3.8, 4) is 12.0 Å². The molecule has 86 valence electrons. The average Bonchev–Trinajstić information content (AvgIpc) is 2.39. The van der Waals surface area contributed by atoms with Gasteiger partial charge in [0.25, 0.3) is 6.71 Å². The number of hydrogen-bond donors (Lipinski definition) is 0. The minimum Gasteiger partial charge on any atom is -0.286 e. The number of nitriles is 2. The van der Waals surface area contributed by atoms with Gasteiger partial charge in [0.05, 0.1) is 6.67 Å². The van der Waals surface area contributed by atoms with E-state index >= 15 is 0 Å². The van der Waals surface area contributed by atoms with Crippen LogP contribution in [-0.2, 0) is 0 Å². The van der Waals surface area contributed by atoms with Crippen LogP contribution in [0.5, 0.6) is 0 Å². The van der Waals surface area contributed by atoms with Gasteiger partial charge in [-0.05, 0) is 38.5 Å². The summed E-state index contributed by atoms with van der Waals surface area (Å²) >= 11 is 0. The molecule has 0 radical (unpaired) electrons. The molecule has 0 atom stereocenters. The van der Waals surface area contributed by atoms with Gasteiger partial charge >= 0.3 is 0 Å². The highest BCUT2D eigenvalue weighted by Crippen LogP contribution is 2.10. The van der Waals surface area contributed by atoms with Crippen LogP contribution in [0.1, 0.15) is 0 Å². The van der Waals surface area contributed by atoms with Crippen LogP contribution in [0.2, 0.25) is 12.6 Å². The maximum Gasteiger partial charge on any atom is 0.270 e. The van der Waals surface area contributed by atoms with Crippen LogP contribution in [0.3, 0.4) is 0 Å². The van der Waals surface area contributed by atoms with E-state index in [4.69, 9.17) is 10.5 Å². The van der Waals surface area contributed by atoms with Gasteiger partial charge in [-0.15, -0.1) is 0 Å². The molecule has 1 saturated heterocycles. The second kappa shape index (κ2) is 7.37. The smallest absolute Gasteiger partial charge is 0.270 e. The number of nitrogens with zero attached hydrogens (tertiary/aromatic N) is 5. The molecule has 1 heterocycles. The Morgan fingerprint density at radius 2 is 2.12 bits per heavy atom. The van der Waals surface area contributed by atoms with Crippen LogP contribution in [0.4, 0.5) is 0 Å². The highest BCUT2D eigenvalue weighted by atomic mass is 15.2. The maximum atomic E-state index is 8.81. The van der Waals surface area contributed by atoms with Gasteiger partial charge in [-0.2, -0.15) is 5.26 Å². The fourth-order valence-corrected chi connectivity index (χ4v) is 1.63. The second-order valence-corrected chi connectivity index (χ2v) is 3.82. The summed E-state index contributed by atoms with van der Waals surface area (Å²) < 4.78 is 0. The summed E-state index contributed by atoms with van der Waals surface area (Å²) in [6, 6.07) is 1.99. The van der Waals surface area contributed by atoms with Gasteiger partial charge in [0.15, 0.2) is 0 Å². The molecule has 0 aromatic heterocycles. The van der Waals surface area contributed by atoms with Gasteiger partial charge in [-0.1, -0.05) is 0 Å². The quantitative estimate of drug-likeness (QED) is 0.530. The van der Waals surface area contributed by atoms with E-state index in [0.717, 1.165) is 25.7 Å². The van der Waals surface area contributed by atoms with Gasteiger partial charge in [0.1, 0.15) is 11.8 Å². The fraction of sp³-hybridized carbons (Fsp3) is 0.455. The Bertz CT molecular complexity index is 393. The van der Waals surface area contributed by atoms with Crippen molar-refractivity contribution in [3.63, 3.8) is 0 Å². The number of aliphatic imine (C=N–C) groups is 2. The first-order chi connectivity index (χ1) is 8.30. The molecular formula is C11H14BN5. The lowest BCUT2D eigenvalue weighted by atomic mass is 9.45. The minimum atomic E-state index is 0.176. The summed E-state index contributed by atoms with van der Waals surface area (Å²) in [5, 5.41) is 17.6. The van der Waals surface area contributed by atoms with E-state index in [0.29, 0.717) is 12.4 Å². The third-order valence-corrected chi connectivity index (χ3v) is 2.66. The summed E-state index contributed by atoms with van der Waals surface area (Å²) in [6.07, 6.45) is 4.76. The lowest BCUT2D eigenvalue weighted by Gasteiger charge is -2.25. The van der Waals surface area contributed by atoms with E-state index in [1.807, 2.05) is 6.07 Å². The van der Waals surface area contributed by atoms with Crippen molar-refractivity contribution in [2.24, 2.45) is 9.98 Å². The van der Waals surface area contributed by atoms with Crippen molar-refractivity contribution in [2.75, 3.05) is 19.8 Å². The number of hydrogen-bond acceptors (Lipinski definition) is 5. The third-order valence-electron chi connectivity index (χ3n) is 2.66. The molecule has 5 nitrogen and oxygen atoms in total. The lowest BCUT2D eigenvalue weighted by Crippen LogP contribution is -2.36. The van der Waals surface area contributed by atoms with Crippen LogP contribution in [-0.4, -0.2) is 43.8 Å². The summed E-state index contributed by atoms with van der Waals surface area (Å²) in [6.45, 7) is 5.70. The zero-order valence-corrected chi connectivity index (χ0v) is 9.71. The van der Waals surface area contributed by atoms with E-state index in [-0.39, 0.29) is 6.71 Å². The Kier molecular flexibility index (Phi) is 5.70. The molecule has 6 heteroatoms. The van der Waals surface area contributed by atoms with Crippen molar-refractivity contribution in [3.05, 3.63) is 12.3 Å². The highest BCUT2D eigenvalue weighted by molar-refractivity contribution is 6.67. The Labute approximate surface area is 102 Å². The van der Waals surface area contributed by atoms with Gasteiger partial charge in [-0.25, -0.2) is 5.26 Å². The molecule has 0 aromatic rings. The van der Waals surface area contributed by atoms with Crippen molar-refractivity contribution < 1.29 is 0 Å². The summed E-state index contributed by atoms with van der Waals surface area (Å²) in [7, 11) is 0. The monoisotopic (exact) mass is 227 g/mol. The summed E-state index contributed by atoms with van der Waals surface area (Å²) in [5.41, 5.74) is 0.347. The Morgan fingerprint density at radius 1 is 1.41 bits per heavy atom. The molecule has 0 aromatic carbocycles. The molecule has 0 N–H and O–H groups in total. The Balaban J connectivity index is 2.43.